The standard InChI is InChI=1S/C23H27F3N2O3/c1-16(17-7-9-18(10-8-17)23(24,25)26)27-22(30)21-12-11-19(29)15-28(21)13-14-31-20-5-3-2-4-6-20/h2-10,16,19,21,29H,11-15H2,1H3,(H,27,30). The zero-order valence-corrected chi connectivity index (χ0v) is 17.3. The summed E-state index contributed by atoms with van der Waals surface area (Å²) in [5.74, 6) is 0.524. The van der Waals surface area contributed by atoms with Crippen molar-refractivity contribution in [3.63, 3.8) is 0 Å². The molecule has 2 aromatic rings. The Morgan fingerprint density at radius 3 is 2.48 bits per heavy atom. The lowest BCUT2D eigenvalue weighted by atomic mass is 9.98. The van der Waals surface area contributed by atoms with Gasteiger partial charge >= 0.3 is 6.18 Å². The van der Waals surface area contributed by atoms with E-state index < -0.39 is 29.9 Å². The quantitative estimate of drug-likeness (QED) is 0.694. The Kier molecular flexibility index (Phi) is 7.56. The third-order valence-electron chi connectivity index (χ3n) is 5.45. The molecule has 1 saturated heterocycles. The highest BCUT2D eigenvalue weighted by Gasteiger charge is 2.33. The summed E-state index contributed by atoms with van der Waals surface area (Å²) in [6.45, 7) is 2.94. The molecular formula is C23H27F3N2O3. The Labute approximate surface area is 179 Å². The fourth-order valence-corrected chi connectivity index (χ4v) is 3.72. The number of piperidine rings is 1. The molecule has 1 heterocycles. The van der Waals surface area contributed by atoms with E-state index in [-0.39, 0.29) is 5.91 Å². The highest BCUT2D eigenvalue weighted by atomic mass is 19.4. The zero-order valence-electron chi connectivity index (χ0n) is 17.3. The van der Waals surface area contributed by atoms with Crippen LogP contribution in [0.25, 0.3) is 0 Å². The van der Waals surface area contributed by atoms with Crippen LogP contribution in [-0.2, 0) is 11.0 Å². The van der Waals surface area contributed by atoms with Crippen molar-refractivity contribution in [1.82, 2.24) is 10.2 Å². The minimum absolute atomic E-state index is 0.209. The van der Waals surface area contributed by atoms with Gasteiger partial charge in [-0.15, -0.1) is 0 Å². The number of hydrogen-bond acceptors (Lipinski definition) is 4. The van der Waals surface area contributed by atoms with Crippen molar-refractivity contribution in [3.8, 4) is 5.75 Å². The molecule has 1 amide bonds. The van der Waals surface area contributed by atoms with E-state index in [9.17, 15) is 23.1 Å². The molecule has 0 bridgehead atoms. The van der Waals surface area contributed by atoms with E-state index in [0.717, 1.165) is 17.9 Å². The average molecular weight is 436 g/mol. The van der Waals surface area contributed by atoms with Gasteiger partial charge in [-0.1, -0.05) is 30.3 Å². The van der Waals surface area contributed by atoms with Gasteiger partial charge in [-0.05, 0) is 49.6 Å². The van der Waals surface area contributed by atoms with E-state index in [1.807, 2.05) is 35.2 Å². The molecule has 5 nitrogen and oxygen atoms in total. The maximum Gasteiger partial charge on any atom is 0.416 e. The van der Waals surface area contributed by atoms with Crippen molar-refractivity contribution < 1.29 is 27.8 Å². The summed E-state index contributed by atoms with van der Waals surface area (Å²) >= 11 is 0. The molecule has 31 heavy (non-hydrogen) atoms. The lowest BCUT2D eigenvalue weighted by molar-refractivity contribution is -0.137. The van der Waals surface area contributed by atoms with E-state index in [1.54, 1.807) is 6.92 Å². The first kappa shape index (κ1) is 23.1. The van der Waals surface area contributed by atoms with Gasteiger partial charge in [0, 0.05) is 13.1 Å². The van der Waals surface area contributed by atoms with Crippen molar-refractivity contribution in [2.24, 2.45) is 0 Å². The Balaban J connectivity index is 1.58. The number of benzene rings is 2. The molecule has 3 unspecified atom stereocenters. The summed E-state index contributed by atoms with van der Waals surface area (Å²) in [4.78, 5) is 14.8. The normalized spacial score (nSPS) is 20.8. The largest absolute Gasteiger partial charge is 0.492 e. The Morgan fingerprint density at radius 1 is 1.16 bits per heavy atom. The molecule has 1 aliphatic heterocycles. The number of nitrogens with one attached hydrogen (secondary N) is 1. The molecule has 1 aliphatic rings. The lowest BCUT2D eigenvalue weighted by Gasteiger charge is -2.37. The second-order valence-electron chi connectivity index (χ2n) is 7.75. The van der Waals surface area contributed by atoms with Crippen LogP contribution in [-0.4, -0.2) is 47.8 Å². The molecule has 8 heteroatoms. The minimum atomic E-state index is -4.39. The molecular weight excluding hydrogens is 409 g/mol. The average Bonchev–Trinajstić information content (AvgIpc) is 2.74. The van der Waals surface area contributed by atoms with Crippen LogP contribution in [0.2, 0.25) is 0 Å². The molecule has 168 valence electrons. The van der Waals surface area contributed by atoms with Crippen LogP contribution in [0, 0.1) is 0 Å². The van der Waals surface area contributed by atoms with Gasteiger partial charge in [-0.3, -0.25) is 9.69 Å². The van der Waals surface area contributed by atoms with Gasteiger partial charge in [-0.25, -0.2) is 0 Å². The molecule has 0 aromatic heterocycles. The van der Waals surface area contributed by atoms with Crippen LogP contribution in [0.4, 0.5) is 13.2 Å². The molecule has 2 N–H and O–H groups in total. The highest BCUT2D eigenvalue weighted by molar-refractivity contribution is 5.82. The molecule has 0 aliphatic carbocycles. The summed E-state index contributed by atoms with van der Waals surface area (Å²) in [5.41, 5.74) is -0.128. The van der Waals surface area contributed by atoms with E-state index in [0.29, 0.717) is 38.1 Å². The Hall–Kier alpha value is -2.58. The van der Waals surface area contributed by atoms with E-state index >= 15 is 0 Å². The first-order chi connectivity index (χ1) is 14.7. The number of halogens is 3. The summed E-state index contributed by atoms with van der Waals surface area (Å²) in [5, 5.41) is 12.9. The molecule has 0 radical (unpaired) electrons. The van der Waals surface area contributed by atoms with Crippen LogP contribution in [0.5, 0.6) is 5.75 Å². The number of hydrogen-bond donors (Lipinski definition) is 2. The fourth-order valence-electron chi connectivity index (χ4n) is 3.72. The second kappa shape index (κ2) is 10.2. The van der Waals surface area contributed by atoms with Gasteiger partial charge in [0.1, 0.15) is 12.4 Å². The van der Waals surface area contributed by atoms with Crippen molar-refractivity contribution in [3.05, 3.63) is 65.7 Å². The summed E-state index contributed by atoms with van der Waals surface area (Å²) in [6.07, 6.45) is -3.88. The Bertz CT molecular complexity index is 843. The fraction of sp³-hybridized carbons (Fsp3) is 0.435. The first-order valence-corrected chi connectivity index (χ1v) is 10.3. The van der Waals surface area contributed by atoms with Gasteiger partial charge in [0.25, 0.3) is 0 Å². The molecule has 0 saturated carbocycles. The van der Waals surface area contributed by atoms with Gasteiger partial charge in [0.15, 0.2) is 0 Å². The third-order valence-corrected chi connectivity index (χ3v) is 5.45. The van der Waals surface area contributed by atoms with Crippen molar-refractivity contribution in [1.29, 1.82) is 0 Å². The molecule has 1 fully saturated rings. The number of carbonyl (C=O) groups is 1. The van der Waals surface area contributed by atoms with E-state index in [4.69, 9.17) is 4.74 Å². The number of ether oxygens (including phenoxy) is 1. The highest BCUT2D eigenvalue weighted by Crippen LogP contribution is 2.30. The van der Waals surface area contributed by atoms with Gasteiger partial charge < -0.3 is 15.2 Å². The number of β-amino-alcohol motifs (C(OH)–C–C–N with tert-alkyl or cyclic N) is 1. The SMILES string of the molecule is CC(NC(=O)C1CCC(O)CN1CCOc1ccccc1)c1ccc(C(F)(F)F)cc1. The van der Waals surface area contributed by atoms with Gasteiger partial charge in [0.2, 0.25) is 5.91 Å². The first-order valence-electron chi connectivity index (χ1n) is 10.3. The van der Waals surface area contributed by atoms with Crippen LogP contribution in [0.1, 0.15) is 36.9 Å². The molecule has 3 rings (SSSR count). The maximum absolute atomic E-state index is 12.9. The van der Waals surface area contributed by atoms with Crippen LogP contribution < -0.4 is 10.1 Å². The zero-order chi connectivity index (χ0) is 22.4. The number of carbonyl (C=O) groups excluding carboxylic acids is 1. The van der Waals surface area contributed by atoms with Crippen molar-refractivity contribution in [2.75, 3.05) is 19.7 Å². The number of para-hydroxylation sites is 1. The maximum atomic E-state index is 12.9. The second-order valence-corrected chi connectivity index (χ2v) is 7.75. The Morgan fingerprint density at radius 2 is 1.84 bits per heavy atom. The summed E-state index contributed by atoms with van der Waals surface area (Å²) in [7, 11) is 0. The minimum Gasteiger partial charge on any atom is -0.492 e. The van der Waals surface area contributed by atoms with E-state index in [2.05, 4.69) is 5.32 Å². The van der Waals surface area contributed by atoms with Crippen LogP contribution >= 0.6 is 0 Å². The summed E-state index contributed by atoms with van der Waals surface area (Å²) < 4.78 is 44.0. The number of nitrogens with zero attached hydrogens (tertiary/aromatic N) is 1. The predicted molar refractivity (Wildman–Crippen MR) is 111 cm³/mol. The van der Waals surface area contributed by atoms with E-state index in [1.165, 1.54) is 12.1 Å². The monoisotopic (exact) mass is 436 g/mol. The number of aliphatic hydroxyl groups excluding tert-OH is 1. The number of alkyl halides is 3. The number of aliphatic hydroxyl groups is 1. The number of likely N-dealkylation sites (tertiary alicyclic amines) is 1. The molecule has 2 aromatic carbocycles. The molecule has 0 spiro atoms. The number of amides is 1. The van der Waals surface area contributed by atoms with Crippen LogP contribution in [0.3, 0.4) is 0 Å². The number of rotatable bonds is 7. The predicted octanol–water partition coefficient (Wildman–Crippen LogP) is 3.79. The molecule has 3 atom stereocenters. The summed E-state index contributed by atoms with van der Waals surface area (Å²) in [6, 6.07) is 13.3. The van der Waals surface area contributed by atoms with Gasteiger partial charge in [-0.2, -0.15) is 13.2 Å². The third kappa shape index (κ3) is 6.45. The van der Waals surface area contributed by atoms with Crippen molar-refractivity contribution in [2.45, 2.75) is 44.1 Å². The smallest absolute Gasteiger partial charge is 0.416 e. The van der Waals surface area contributed by atoms with Gasteiger partial charge in [0.05, 0.1) is 23.8 Å². The topological polar surface area (TPSA) is 61.8 Å². The lowest BCUT2D eigenvalue weighted by Crippen LogP contribution is -2.54. The van der Waals surface area contributed by atoms with Crippen molar-refractivity contribution >= 4 is 5.91 Å². The van der Waals surface area contributed by atoms with Crippen LogP contribution in [0.15, 0.2) is 54.6 Å².